The minimum absolute atomic E-state index is 0.0395. The number of hydrogen-bond acceptors (Lipinski definition) is 2. The minimum Gasteiger partial charge on any atom is -0.352 e. The molecule has 4 heteroatoms. The van der Waals surface area contributed by atoms with Crippen LogP contribution in [0.15, 0.2) is 48.5 Å². The van der Waals surface area contributed by atoms with Crippen LogP contribution in [0.5, 0.6) is 0 Å². The van der Waals surface area contributed by atoms with Gasteiger partial charge >= 0.3 is 0 Å². The maximum atomic E-state index is 13.1. The maximum Gasteiger partial charge on any atom is 0.221 e. The van der Waals surface area contributed by atoms with E-state index >= 15 is 0 Å². The summed E-state index contributed by atoms with van der Waals surface area (Å²) in [6.07, 6.45) is -0.0667. The maximum absolute atomic E-state index is 13.1. The Balaban J connectivity index is 1.56. The highest BCUT2D eigenvalue weighted by atomic mass is 19.1. The van der Waals surface area contributed by atoms with E-state index < -0.39 is 6.17 Å². The first kappa shape index (κ1) is 16.7. The molecule has 3 nitrogen and oxygen atoms in total. The van der Waals surface area contributed by atoms with Crippen molar-refractivity contribution in [3.05, 3.63) is 59.7 Å². The van der Waals surface area contributed by atoms with Gasteiger partial charge in [-0.25, -0.2) is 4.39 Å². The van der Waals surface area contributed by atoms with Crippen molar-refractivity contribution >= 4 is 5.91 Å². The Morgan fingerprint density at radius 1 is 1.21 bits per heavy atom. The average molecular weight is 326 g/mol. The first-order chi connectivity index (χ1) is 11.6. The van der Waals surface area contributed by atoms with Crippen molar-refractivity contribution in [2.24, 2.45) is 0 Å². The molecule has 1 aliphatic heterocycles. The number of carbonyl (C=O) groups excluding carboxylic acids is 1. The summed E-state index contributed by atoms with van der Waals surface area (Å²) in [6.45, 7) is 2.92. The summed E-state index contributed by atoms with van der Waals surface area (Å²) in [5.41, 5.74) is 4.60. The molecule has 126 valence electrons. The third-order valence-electron chi connectivity index (χ3n) is 4.40. The molecule has 1 aliphatic rings. The van der Waals surface area contributed by atoms with E-state index in [4.69, 9.17) is 0 Å². The number of hydrogen-bond donors (Lipinski definition) is 2. The van der Waals surface area contributed by atoms with Crippen LogP contribution in [0.2, 0.25) is 0 Å². The lowest BCUT2D eigenvalue weighted by atomic mass is 10.0. The summed E-state index contributed by atoms with van der Waals surface area (Å²) in [7, 11) is 0. The highest BCUT2D eigenvalue weighted by molar-refractivity contribution is 5.76. The number of aryl methyl sites for hydroxylation is 1. The number of alkyl halides is 1. The van der Waals surface area contributed by atoms with Gasteiger partial charge in [0.05, 0.1) is 0 Å². The topological polar surface area (TPSA) is 41.1 Å². The van der Waals surface area contributed by atoms with Gasteiger partial charge < -0.3 is 10.6 Å². The van der Waals surface area contributed by atoms with Gasteiger partial charge in [0.1, 0.15) is 6.17 Å². The Hall–Kier alpha value is -2.20. The molecule has 0 aliphatic carbocycles. The third kappa shape index (κ3) is 4.42. The second-order valence-electron chi connectivity index (χ2n) is 6.49. The highest BCUT2D eigenvalue weighted by Crippen LogP contribution is 2.21. The van der Waals surface area contributed by atoms with E-state index in [0.29, 0.717) is 25.9 Å². The largest absolute Gasteiger partial charge is 0.352 e. The molecule has 1 saturated heterocycles. The van der Waals surface area contributed by atoms with Gasteiger partial charge in [0.2, 0.25) is 5.91 Å². The van der Waals surface area contributed by atoms with Crippen molar-refractivity contribution in [1.29, 1.82) is 0 Å². The Bertz CT molecular complexity index is 699. The van der Waals surface area contributed by atoms with Crippen LogP contribution in [-0.2, 0) is 11.3 Å². The molecule has 2 aromatic carbocycles. The summed E-state index contributed by atoms with van der Waals surface area (Å²) in [6, 6.07) is 16.5. The summed E-state index contributed by atoms with van der Waals surface area (Å²) < 4.78 is 13.1. The SMILES string of the molecule is Cc1ccc(-c2cccc(CNC(=O)C[C@@H]3C[C@H](F)CN3)c2)cc1. The number of rotatable bonds is 5. The van der Waals surface area contributed by atoms with Gasteiger partial charge in [-0.3, -0.25) is 4.79 Å². The van der Waals surface area contributed by atoms with Crippen LogP contribution < -0.4 is 10.6 Å². The third-order valence-corrected chi connectivity index (χ3v) is 4.40. The predicted octanol–water partition coefficient (Wildman–Crippen LogP) is 3.37. The number of amides is 1. The van der Waals surface area contributed by atoms with Crippen molar-refractivity contribution in [3.8, 4) is 11.1 Å². The lowest BCUT2D eigenvalue weighted by molar-refractivity contribution is -0.121. The zero-order valence-corrected chi connectivity index (χ0v) is 13.9. The standard InChI is InChI=1S/C20H23FN2O/c1-14-5-7-16(8-6-14)17-4-2-3-15(9-17)12-23-20(24)11-19-10-18(21)13-22-19/h2-9,18-19,22H,10-13H2,1H3,(H,23,24)/t18-,19-/m0/s1. The van der Waals surface area contributed by atoms with Crippen LogP contribution in [0.4, 0.5) is 4.39 Å². The van der Waals surface area contributed by atoms with Gasteiger partial charge in [-0.1, -0.05) is 48.0 Å². The van der Waals surface area contributed by atoms with E-state index in [-0.39, 0.29) is 11.9 Å². The normalized spacial score (nSPS) is 20.1. The summed E-state index contributed by atoms with van der Waals surface area (Å²) in [5.74, 6) is -0.0395. The molecular weight excluding hydrogens is 303 g/mol. The van der Waals surface area contributed by atoms with Crippen LogP contribution >= 0.6 is 0 Å². The van der Waals surface area contributed by atoms with Crippen molar-refractivity contribution in [3.63, 3.8) is 0 Å². The predicted molar refractivity (Wildman–Crippen MR) is 94.4 cm³/mol. The van der Waals surface area contributed by atoms with E-state index in [1.54, 1.807) is 0 Å². The molecule has 2 N–H and O–H groups in total. The van der Waals surface area contributed by atoms with E-state index in [1.807, 2.05) is 12.1 Å². The van der Waals surface area contributed by atoms with E-state index in [2.05, 4.69) is 54.0 Å². The molecule has 24 heavy (non-hydrogen) atoms. The van der Waals surface area contributed by atoms with Gasteiger partial charge in [0, 0.05) is 25.6 Å². The van der Waals surface area contributed by atoms with Gasteiger partial charge in [-0.2, -0.15) is 0 Å². The van der Waals surface area contributed by atoms with Gasteiger partial charge in [-0.15, -0.1) is 0 Å². The van der Waals surface area contributed by atoms with Crippen molar-refractivity contribution in [2.75, 3.05) is 6.54 Å². The number of nitrogens with one attached hydrogen (secondary N) is 2. The van der Waals surface area contributed by atoms with Crippen molar-refractivity contribution < 1.29 is 9.18 Å². The zero-order chi connectivity index (χ0) is 16.9. The van der Waals surface area contributed by atoms with E-state index in [1.165, 1.54) is 5.56 Å². The molecule has 3 rings (SSSR count). The molecule has 0 aromatic heterocycles. The molecular formula is C20H23FN2O. The van der Waals surface area contributed by atoms with E-state index in [0.717, 1.165) is 16.7 Å². The Morgan fingerprint density at radius 3 is 2.71 bits per heavy atom. The van der Waals surface area contributed by atoms with Crippen LogP contribution in [0, 0.1) is 6.92 Å². The minimum atomic E-state index is -0.825. The Kier molecular flexibility index (Phi) is 5.26. The number of carbonyl (C=O) groups is 1. The van der Waals surface area contributed by atoms with Gasteiger partial charge in [0.25, 0.3) is 0 Å². The summed E-state index contributed by atoms with van der Waals surface area (Å²) >= 11 is 0. The Labute approximate surface area is 142 Å². The Morgan fingerprint density at radius 2 is 2.00 bits per heavy atom. The molecule has 0 bridgehead atoms. The second kappa shape index (κ2) is 7.58. The molecule has 1 amide bonds. The monoisotopic (exact) mass is 326 g/mol. The van der Waals surface area contributed by atoms with Gasteiger partial charge in [-0.05, 0) is 36.1 Å². The molecule has 0 unspecified atom stereocenters. The van der Waals surface area contributed by atoms with Crippen LogP contribution in [-0.4, -0.2) is 24.7 Å². The molecule has 2 aromatic rings. The van der Waals surface area contributed by atoms with Crippen LogP contribution in [0.1, 0.15) is 24.0 Å². The van der Waals surface area contributed by atoms with Gasteiger partial charge in [0.15, 0.2) is 0 Å². The highest BCUT2D eigenvalue weighted by Gasteiger charge is 2.25. The summed E-state index contributed by atoms with van der Waals surface area (Å²) in [4.78, 5) is 12.0. The fourth-order valence-electron chi connectivity index (χ4n) is 3.03. The lowest BCUT2D eigenvalue weighted by Crippen LogP contribution is -2.31. The van der Waals surface area contributed by atoms with Crippen LogP contribution in [0.3, 0.4) is 0 Å². The fourth-order valence-corrected chi connectivity index (χ4v) is 3.03. The number of halogens is 1. The molecule has 2 atom stereocenters. The lowest BCUT2D eigenvalue weighted by Gasteiger charge is -2.11. The van der Waals surface area contributed by atoms with E-state index in [9.17, 15) is 9.18 Å². The van der Waals surface area contributed by atoms with Crippen LogP contribution in [0.25, 0.3) is 11.1 Å². The number of benzene rings is 2. The zero-order valence-electron chi connectivity index (χ0n) is 13.9. The molecule has 1 fully saturated rings. The molecule has 0 radical (unpaired) electrons. The average Bonchev–Trinajstić information content (AvgIpc) is 2.99. The van der Waals surface area contributed by atoms with Crippen molar-refractivity contribution in [2.45, 2.75) is 38.5 Å². The second-order valence-corrected chi connectivity index (χ2v) is 6.49. The fraction of sp³-hybridized carbons (Fsp3) is 0.350. The smallest absolute Gasteiger partial charge is 0.221 e. The quantitative estimate of drug-likeness (QED) is 0.884. The summed E-state index contributed by atoms with van der Waals surface area (Å²) in [5, 5.41) is 5.96. The first-order valence-electron chi connectivity index (χ1n) is 8.40. The van der Waals surface area contributed by atoms with Crippen molar-refractivity contribution in [1.82, 2.24) is 10.6 Å². The molecule has 1 heterocycles. The first-order valence-corrected chi connectivity index (χ1v) is 8.40. The molecule has 0 saturated carbocycles. The molecule has 0 spiro atoms.